The van der Waals surface area contributed by atoms with Crippen LogP contribution in [0.1, 0.15) is 75.6 Å². The van der Waals surface area contributed by atoms with Gasteiger partial charge in [-0.1, -0.05) is 12.1 Å². The first-order valence-corrected chi connectivity index (χ1v) is 9.42. The van der Waals surface area contributed by atoms with E-state index in [1.165, 1.54) is 22.3 Å². The van der Waals surface area contributed by atoms with E-state index in [0.717, 1.165) is 25.7 Å². The molecular weight excluding hydrogens is 328 g/mol. The van der Waals surface area contributed by atoms with Gasteiger partial charge in [-0.15, -0.1) is 0 Å². The van der Waals surface area contributed by atoms with Crippen molar-refractivity contribution in [2.24, 2.45) is 10.8 Å². The van der Waals surface area contributed by atoms with Gasteiger partial charge in [0, 0.05) is 0 Å². The summed E-state index contributed by atoms with van der Waals surface area (Å²) in [5.74, 6) is -1.50. The highest BCUT2D eigenvalue weighted by molar-refractivity contribution is 5.73. The summed E-state index contributed by atoms with van der Waals surface area (Å²) >= 11 is 0. The third-order valence-corrected chi connectivity index (χ3v) is 5.45. The molecule has 0 spiro atoms. The van der Waals surface area contributed by atoms with E-state index >= 15 is 0 Å². The van der Waals surface area contributed by atoms with E-state index < -0.39 is 22.8 Å². The Balaban J connectivity index is 2.74. The van der Waals surface area contributed by atoms with Crippen LogP contribution in [0.25, 0.3) is 0 Å². The van der Waals surface area contributed by atoms with Crippen molar-refractivity contribution in [3.8, 4) is 0 Å². The van der Waals surface area contributed by atoms with Gasteiger partial charge in [0.1, 0.15) is 0 Å². The first-order chi connectivity index (χ1) is 11.9. The fourth-order valence-electron chi connectivity index (χ4n) is 3.14. The maximum absolute atomic E-state index is 11.2. The molecule has 0 aromatic heterocycles. The minimum atomic E-state index is -0.750. The van der Waals surface area contributed by atoms with E-state index in [0.29, 0.717) is 12.8 Å². The normalized spacial score (nSPS) is 12.2. The van der Waals surface area contributed by atoms with E-state index in [9.17, 15) is 19.8 Å². The summed E-state index contributed by atoms with van der Waals surface area (Å²) in [6.07, 6.45) is 4.73. The predicted molar refractivity (Wildman–Crippen MR) is 105 cm³/mol. The van der Waals surface area contributed by atoms with Crippen molar-refractivity contribution in [2.75, 3.05) is 0 Å². The van der Waals surface area contributed by atoms with E-state index in [1.807, 2.05) is 0 Å². The third kappa shape index (κ3) is 6.15. The molecule has 26 heavy (non-hydrogen) atoms. The lowest BCUT2D eigenvalue weighted by Crippen LogP contribution is -2.23. The van der Waals surface area contributed by atoms with E-state index in [1.54, 1.807) is 27.7 Å². The van der Waals surface area contributed by atoms with Crippen molar-refractivity contribution in [1.82, 2.24) is 0 Å². The molecule has 0 atom stereocenters. The molecule has 1 aromatic rings. The molecule has 146 valence electrons. The third-order valence-electron chi connectivity index (χ3n) is 5.45. The standard InChI is InChI=1S/C22H34O4/c1-15-13-16(2)18(10-8-12-22(5,6)20(25)26)14-17(15)9-7-11-21(3,4)19(23)24/h13-14H,7-12H2,1-6H3,(H,23,24)(H,25,26). The van der Waals surface area contributed by atoms with Crippen LogP contribution in [0.3, 0.4) is 0 Å². The summed E-state index contributed by atoms with van der Waals surface area (Å²) in [6.45, 7) is 11.3. The zero-order chi connectivity index (χ0) is 20.1. The highest BCUT2D eigenvalue weighted by Crippen LogP contribution is 2.27. The average Bonchev–Trinajstić information content (AvgIpc) is 2.50. The zero-order valence-electron chi connectivity index (χ0n) is 17.1. The van der Waals surface area contributed by atoms with Gasteiger partial charge < -0.3 is 10.2 Å². The molecule has 0 bridgehead atoms. The summed E-state index contributed by atoms with van der Waals surface area (Å²) in [5.41, 5.74) is 3.64. The number of hydrogen-bond donors (Lipinski definition) is 2. The molecule has 0 saturated carbocycles. The molecule has 4 heteroatoms. The number of benzene rings is 1. The van der Waals surface area contributed by atoms with Gasteiger partial charge in [0.15, 0.2) is 0 Å². The number of aliphatic carboxylic acids is 2. The van der Waals surface area contributed by atoms with Crippen molar-refractivity contribution in [3.63, 3.8) is 0 Å². The topological polar surface area (TPSA) is 74.6 Å². The molecule has 0 aliphatic carbocycles. The molecular formula is C22H34O4. The number of rotatable bonds is 10. The minimum Gasteiger partial charge on any atom is -0.481 e. The van der Waals surface area contributed by atoms with Crippen LogP contribution in [-0.2, 0) is 22.4 Å². The van der Waals surface area contributed by atoms with Crippen LogP contribution in [0.5, 0.6) is 0 Å². The minimum absolute atomic E-state index is 0.651. The van der Waals surface area contributed by atoms with Gasteiger partial charge in [0.05, 0.1) is 10.8 Å². The smallest absolute Gasteiger partial charge is 0.309 e. The second-order valence-electron chi connectivity index (χ2n) is 8.79. The van der Waals surface area contributed by atoms with Gasteiger partial charge in [-0.2, -0.15) is 0 Å². The van der Waals surface area contributed by atoms with Gasteiger partial charge >= 0.3 is 11.9 Å². The molecule has 0 radical (unpaired) electrons. The van der Waals surface area contributed by atoms with Crippen molar-refractivity contribution in [3.05, 3.63) is 34.4 Å². The Hall–Kier alpha value is -1.84. The maximum Gasteiger partial charge on any atom is 0.309 e. The molecule has 0 amide bonds. The Morgan fingerprint density at radius 1 is 0.769 bits per heavy atom. The molecule has 0 unspecified atom stereocenters. The second kappa shape index (κ2) is 8.70. The molecule has 0 aliphatic heterocycles. The zero-order valence-corrected chi connectivity index (χ0v) is 17.1. The van der Waals surface area contributed by atoms with Crippen LogP contribution in [-0.4, -0.2) is 22.2 Å². The fraction of sp³-hybridized carbons (Fsp3) is 0.636. The molecule has 0 fully saturated rings. The van der Waals surface area contributed by atoms with E-state index in [-0.39, 0.29) is 0 Å². The van der Waals surface area contributed by atoms with Gasteiger partial charge in [-0.05, 0) is 102 Å². The lowest BCUT2D eigenvalue weighted by molar-refractivity contribution is -0.148. The largest absolute Gasteiger partial charge is 0.481 e. The number of aryl methyl sites for hydroxylation is 4. The van der Waals surface area contributed by atoms with E-state index in [2.05, 4.69) is 26.0 Å². The maximum atomic E-state index is 11.2. The van der Waals surface area contributed by atoms with Crippen molar-refractivity contribution in [1.29, 1.82) is 0 Å². The average molecular weight is 363 g/mol. The molecule has 2 N–H and O–H groups in total. The van der Waals surface area contributed by atoms with Crippen LogP contribution >= 0.6 is 0 Å². The highest BCUT2D eigenvalue weighted by Gasteiger charge is 2.27. The number of carboxylic acid groups (broad SMARTS) is 2. The summed E-state index contributed by atoms with van der Waals surface area (Å²) in [5, 5.41) is 18.5. The lowest BCUT2D eigenvalue weighted by atomic mass is 9.84. The summed E-state index contributed by atoms with van der Waals surface area (Å²) in [4.78, 5) is 22.5. The molecule has 1 aromatic carbocycles. The van der Waals surface area contributed by atoms with Crippen LogP contribution in [0.4, 0.5) is 0 Å². The Morgan fingerprint density at radius 3 is 1.42 bits per heavy atom. The van der Waals surface area contributed by atoms with Gasteiger partial charge in [-0.25, -0.2) is 0 Å². The molecule has 0 heterocycles. The molecule has 0 aliphatic rings. The van der Waals surface area contributed by atoms with Crippen LogP contribution in [0.15, 0.2) is 12.1 Å². The Labute approximate surface area is 157 Å². The highest BCUT2D eigenvalue weighted by atomic mass is 16.4. The SMILES string of the molecule is Cc1cc(C)c(CCCC(C)(C)C(=O)O)cc1CCCC(C)(C)C(=O)O. The molecule has 0 saturated heterocycles. The quantitative estimate of drug-likeness (QED) is 0.602. The lowest BCUT2D eigenvalue weighted by Gasteiger charge is -2.20. The van der Waals surface area contributed by atoms with Gasteiger partial charge in [-0.3, -0.25) is 9.59 Å². The van der Waals surface area contributed by atoms with Crippen LogP contribution in [0, 0.1) is 24.7 Å². The monoisotopic (exact) mass is 362 g/mol. The Bertz CT molecular complexity index is 603. The number of carboxylic acids is 2. The summed E-state index contributed by atoms with van der Waals surface area (Å²) in [7, 11) is 0. The predicted octanol–water partition coefficient (Wildman–Crippen LogP) is 5.17. The van der Waals surface area contributed by atoms with Crippen LogP contribution in [0.2, 0.25) is 0 Å². The summed E-state index contributed by atoms with van der Waals surface area (Å²) in [6, 6.07) is 4.42. The van der Waals surface area contributed by atoms with Crippen molar-refractivity contribution < 1.29 is 19.8 Å². The number of carbonyl (C=O) groups is 2. The van der Waals surface area contributed by atoms with Gasteiger partial charge in [0.25, 0.3) is 0 Å². The second-order valence-corrected chi connectivity index (χ2v) is 8.79. The number of hydrogen-bond acceptors (Lipinski definition) is 2. The van der Waals surface area contributed by atoms with Gasteiger partial charge in [0.2, 0.25) is 0 Å². The molecule has 4 nitrogen and oxygen atoms in total. The van der Waals surface area contributed by atoms with Crippen molar-refractivity contribution in [2.45, 2.75) is 80.1 Å². The fourth-order valence-corrected chi connectivity index (χ4v) is 3.14. The first kappa shape index (κ1) is 22.2. The Morgan fingerprint density at radius 2 is 1.12 bits per heavy atom. The van der Waals surface area contributed by atoms with E-state index in [4.69, 9.17) is 0 Å². The first-order valence-electron chi connectivity index (χ1n) is 9.42. The Kier molecular flexibility index (Phi) is 7.43. The molecule has 1 rings (SSSR count). The van der Waals surface area contributed by atoms with Crippen molar-refractivity contribution >= 4 is 11.9 Å². The summed E-state index contributed by atoms with van der Waals surface area (Å²) < 4.78 is 0. The van der Waals surface area contributed by atoms with Crippen LogP contribution < -0.4 is 0 Å².